The molecule has 0 aliphatic heterocycles. The predicted molar refractivity (Wildman–Crippen MR) is 86.7 cm³/mol. The quantitative estimate of drug-likeness (QED) is 0.392. The van der Waals surface area contributed by atoms with Crippen LogP contribution < -0.4 is 5.73 Å². The van der Waals surface area contributed by atoms with Crippen molar-refractivity contribution >= 4 is 35.1 Å². The number of carbonyl (C=O) groups is 1. The van der Waals surface area contributed by atoms with Gasteiger partial charge in [0.25, 0.3) is 0 Å². The second-order valence-electron chi connectivity index (χ2n) is 4.40. The minimum atomic E-state index is 0.0284. The maximum absolute atomic E-state index is 11.4. The van der Waals surface area contributed by atoms with Gasteiger partial charge in [-0.1, -0.05) is 11.8 Å². The van der Waals surface area contributed by atoms with Crippen LogP contribution in [0.15, 0.2) is 34.6 Å². The van der Waals surface area contributed by atoms with Gasteiger partial charge in [-0.15, -0.1) is 11.8 Å². The molecule has 0 bridgehead atoms. The van der Waals surface area contributed by atoms with Crippen LogP contribution in [0, 0.1) is 0 Å². The maximum atomic E-state index is 11.4. The van der Waals surface area contributed by atoms with E-state index in [1.165, 1.54) is 23.5 Å². The average molecular weight is 320 g/mol. The average Bonchev–Trinajstić information content (AvgIpc) is 2.46. The molecule has 110 valence electrons. The number of thioether (sulfide) groups is 2. The molecule has 0 saturated heterocycles. The molecule has 2 heterocycles. The fourth-order valence-corrected chi connectivity index (χ4v) is 3.04. The van der Waals surface area contributed by atoms with Crippen LogP contribution in [-0.4, -0.2) is 27.0 Å². The molecular weight excluding hydrogens is 304 g/mol. The molecular formula is C14H16N4OS2. The Kier molecular flexibility index (Phi) is 5.19. The molecule has 0 fully saturated rings. The van der Waals surface area contributed by atoms with Gasteiger partial charge in [-0.2, -0.15) is 0 Å². The van der Waals surface area contributed by atoms with Gasteiger partial charge in [0.05, 0.1) is 10.9 Å². The first-order valence-corrected chi connectivity index (χ1v) is 8.42. The summed E-state index contributed by atoms with van der Waals surface area (Å²) in [4.78, 5) is 24.4. The number of nitrogen functional groups attached to an aromatic ring is 1. The van der Waals surface area contributed by atoms with Gasteiger partial charge < -0.3 is 5.73 Å². The van der Waals surface area contributed by atoms with Gasteiger partial charge >= 0.3 is 0 Å². The smallest absolute Gasteiger partial charge is 0.191 e. The summed E-state index contributed by atoms with van der Waals surface area (Å²) in [6.07, 6.45) is 3.59. The number of aromatic nitrogens is 3. The Morgan fingerprint density at radius 3 is 2.76 bits per heavy atom. The molecule has 2 N–H and O–H groups in total. The Bertz CT molecular complexity index is 663. The van der Waals surface area contributed by atoms with E-state index in [2.05, 4.69) is 15.0 Å². The molecule has 7 heteroatoms. The number of anilines is 1. The van der Waals surface area contributed by atoms with Crippen molar-refractivity contribution in [2.24, 2.45) is 0 Å². The van der Waals surface area contributed by atoms with E-state index in [1.807, 2.05) is 19.2 Å². The zero-order valence-electron chi connectivity index (χ0n) is 12.0. The van der Waals surface area contributed by atoms with Crippen LogP contribution >= 0.6 is 23.5 Å². The van der Waals surface area contributed by atoms with Gasteiger partial charge in [0.15, 0.2) is 10.9 Å². The third-order valence-corrected chi connectivity index (χ3v) is 4.41. The van der Waals surface area contributed by atoms with Crippen LogP contribution in [0.25, 0.3) is 0 Å². The summed E-state index contributed by atoms with van der Waals surface area (Å²) in [7, 11) is 0. The Labute approximate surface area is 132 Å². The van der Waals surface area contributed by atoms with Gasteiger partial charge in [0, 0.05) is 17.8 Å². The maximum Gasteiger partial charge on any atom is 0.191 e. The topological polar surface area (TPSA) is 81.8 Å². The van der Waals surface area contributed by atoms with Crippen LogP contribution in [0.3, 0.4) is 0 Å². The van der Waals surface area contributed by atoms with Crippen molar-refractivity contribution in [3.8, 4) is 0 Å². The molecule has 0 spiro atoms. The van der Waals surface area contributed by atoms with E-state index in [-0.39, 0.29) is 11.0 Å². The number of pyridine rings is 1. The van der Waals surface area contributed by atoms with E-state index in [0.29, 0.717) is 16.5 Å². The fourth-order valence-electron chi connectivity index (χ4n) is 1.69. The molecule has 2 aromatic rings. The number of carbonyl (C=O) groups excluding carboxylic acids is 1. The summed E-state index contributed by atoms with van der Waals surface area (Å²) in [6.45, 7) is 3.55. The van der Waals surface area contributed by atoms with Crippen molar-refractivity contribution in [2.45, 2.75) is 29.3 Å². The summed E-state index contributed by atoms with van der Waals surface area (Å²) in [5.74, 6) is 0.482. The lowest BCUT2D eigenvalue weighted by molar-refractivity contribution is 0.101. The van der Waals surface area contributed by atoms with Crippen molar-refractivity contribution in [3.05, 3.63) is 35.7 Å². The van der Waals surface area contributed by atoms with Gasteiger partial charge in [-0.25, -0.2) is 9.97 Å². The number of rotatable bonds is 5. The van der Waals surface area contributed by atoms with Gasteiger partial charge in [-0.05, 0) is 32.2 Å². The highest BCUT2D eigenvalue weighted by molar-refractivity contribution is 7.99. The lowest BCUT2D eigenvalue weighted by Gasteiger charge is -2.11. The van der Waals surface area contributed by atoms with Crippen molar-refractivity contribution in [3.63, 3.8) is 0 Å². The monoisotopic (exact) mass is 320 g/mol. The Balaban J connectivity index is 2.21. The number of hydrogen-bond acceptors (Lipinski definition) is 7. The lowest BCUT2D eigenvalue weighted by atomic mass is 10.1. The Hall–Kier alpha value is -1.60. The van der Waals surface area contributed by atoms with Crippen LogP contribution in [0.5, 0.6) is 0 Å². The van der Waals surface area contributed by atoms with E-state index in [1.54, 1.807) is 25.3 Å². The Morgan fingerprint density at radius 1 is 1.33 bits per heavy atom. The zero-order valence-corrected chi connectivity index (χ0v) is 13.7. The highest BCUT2D eigenvalue weighted by Gasteiger charge is 2.13. The zero-order chi connectivity index (χ0) is 15.4. The SMILES string of the molecule is CSc1cc(N)nc(SC(C)c2cc(C(C)=O)ccn2)n1. The summed E-state index contributed by atoms with van der Waals surface area (Å²) < 4.78 is 0. The third-order valence-electron chi connectivity index (χ3n) is 2.80. The predicted octanol–water partition coefficient (Wildman–Crippen LogP) is 3.23. The summed E-state index contributed by atoms with van der Waals surface area (Å²) >= 11 is 2.99. The number of nitrogens with zero attached hydrogens (tertiary/aromatic N) is 3. The normalized spacial score (nSPS) is 12.1. The second-order valence-corrected chi connectivity index (χ2v) is 6.54. The molecule has 2 rings (SSSR count). The van der Waals surface area contributed by atoms with E-state index >= 15 is 0 Å². The van der Waals surface area contributed by atoms with E-state index in [9.17, 15) is 4.79 Å². The van der Waals surface area contributed by atoms with Crippen LogP contribution in [-0.2, 0) is 0 Å². The van der Waals surface area contributed by atoms with Gasteiger partial charge in [0.2, 0.25) is 0 Å². The van der Waals surface area contributed by atoms with Crippen molar-refractivity contribution in [1.82, 2.24) is 15.0 Å². The summed E-state index contributed by atoms with van der Waals surface area (Å²) in [5, 5.41) is 1.48. The largest absolute Gasteiger partial charge is 0.384 e. The van der Waals surface area contributed by atoms with Crippen molar-refractivity contribution in [1.29, 1.82) is 0 Å². The first-order chi connectivity index (χ1) is 9.99. The number of nitrogens with two attached hydrogens (primary N) is 1. The van der Waals surface area contributed by atoms with E-state index in [0.717, 1.165) is 10.7 Å². The van der Waals surface area contributed by atoms with Crippen molar-refractivity contribution < 1.29 is 4.79 Å². The first kappa shape index (κ1) is 15.8. The van der Waals surface area contributed by atoms with Crippen LogP contribution in [0.4, 0.5) is 5.82 Å². The molecule has 0 saturated carbocycles. The number of hydrogen-bond donors (Lipinski definition) is 1. The molecule has 5 nitrogen and oxygen atoms in total. The molecule has 0 amide bonds. The minimum absolute atomic E-state index is 0.0284. The number of Topliss-reactive ketones (excluding diaryl/α,β-unsaturated/α-hetero) is 1. The first-order valence-electron chi connectivity index (χ1n) is 6.31. The highest BCUT2D eigenvalue weighted by atomic mass is 32.2. The second kappa shape index (κ2) is 6.91. The molecule has 0 aromatic carbocycles. The summed E-state index contributed by atoms with van der Waals surface area (Å²) in [5.41, 5.74) is 7.26. The van der Waals surface area contributed by atoms with Crippen LogP contribution in [0.1, 0.15) is 35.1 Å². The Morgan fingerprint density at radius 2 is 2.10 bits per heavy atom. The number of ketones is 1. The molecule has 21 heavy (non-hydrogen) atoms. The highest BCUT2D eigenvalue weighted by Crippen LogP contribution is 2.33. The molecule has 0 radical (unpaired) electrons. The lowest BCUT2D eigenvalue weighted by Crippen LogP contribution is -2.01. The van der Waals surface area contributed by atoms with Gasteiger partial charge in [0.1, 0.15) is 10.8 Å². The minimum Gasteiger partial charge on any atom is -0.384 e. The molecule has 0 aliphatic rings. The van der Waals surface area contributed by atoms with Crippen LogP contribution in [0.2, 0.25) is 0 Å². The molecule has 2 aromatic heterocycles. The molecule has 0 aliphatic carbocycles. The van der Waals surface area contributed by atoms with E-state index < -0.39 is 0 Å². The van der Waals surface area contributed by atoms with Crippen molar-refractivity contribution in [2.75, 3.05) is 12.0 Å². The van der Waals surface area contributed by atoms with E-state index in [4.69, 9.17) is 5.73 Å². The standard InChI is InChI=1S/C14H16N4OS2/c1-8(19)10-4-5-16-11(6-10)9(2)21-14-17-12(15)7-13(18-14)20-3/h4-7,9H,1-3H3,(H2,15,17,18). The molecule has 1 atom stereocenters. The molecule has 1 unspecified atom stereocenters. The summed E-state index contributed by atoms with van der Waals surface area (Å²) in [6, 6.07) is 5.27. The van der Waals surface area contributed by atoms with Gasteiger partial charge in [-0.3, -0.25) is 9.78 Å². The fraction of sp³-hybridized carbons (Fsp3) is 0.286. The third kappa shape index (κ3) is 4.18.